The van der Waals surface area contributed by atoms with E-state index in [2.05, 4.69) is 23.9 Å². The summed E-state index contributed by atoms with van der Waals surface area (Å²) in [6.45, 7) is 2.22. The Morgan fingerprint density at radius 3 is 1.79 bits per heavy atom. The number of hydrogen-bond donors (Lipinski definition) is 3. The van der Waals surface area contributed by atoms with Crippen molar-refractivity contribution in [1.82, 2.24) is 5.48 Å². The summed E-state index contributed by atoms with van der Waals surface area (Å²) in [5.41, 5.74) is 1.79. The van der Waals surface area contributed by atoms with Crippen molar-refractivity contribution in [3.63, 3.8) is 0 Å². The standard InChI is InChI=1S/C22H39NO8S.2Na.2H/c1-2-3-4-5-6-7-8-9-10-11-12-13-14-15-16-17-20(24)23-31-22(27)19(18-21(25)26)32(28,29)30;;;;/h9-10,19H,2-8,11-18H2,1H3,(H,23,24)(H,25,26)(H,28,29,30);;;;/b10-9-;;;;. The van der Waals surface area contributed by atoms with Crippen molar-refractivity contribution in [3.05, 3.63) is 12.2 Å². The molecule has 9 nitrogen and oxygen atoms in total. The van der Waals surface area contributed by atoms with Gasteiger partial charge in [-0.1, -0.05) is 70.4 Å². The Kier molecular flexibility index (Phi) is 28.1. The van der Waals surface area contributed by atoms with Gasteiger partial charge in [-0.25, -0.2) is 4.79 Å². The monoisotopic (exact) mass is 525 g/mol. The van der Waals surface area contributed by atoms with Gasteiger partial charge < -0.3 is 9.94 Å². The summed E-state index contributed by atoms with van der Waals surface area (Å²) in [6.07, 6.45) is 18.0. The van der Waals surface area contributed by atoms with Crippen molar-refractivity contribution < 1.29 is 37.3 Å². The molecule has 1 atom stereocenters. The summed E-state index contributed by atoms with van der Waals surface area (Å²) in [7, 11) is -4.96. The van der Waals surface area contributed by atoms with E-state index < -0.39 is 39.6 Å². The molecule has 1 unspecified atom stereocenters. The average Bonchev–Trinajstić information content (AvgIpc) is 2.72. The first kappa shape index (κ1) is 38.6. The Morgan fingerprint density at radius 1 is 0.853 bits per heavy atom. The van der Waals surface area contributed by atoms with Gasteiger partial charge in [0, 0.05) is 6.42 Å². The van der Waals surface area contributed by atoms with Gasteiger partial charge in [-0.3, -0.25) is 14.1 Å². The number of nitrogens with one attached hydrogen (secondary N) is 1. The Bertz CT molecular complexity index is 686. The minimum absolute atomic E-state index is 0. The summed E-state index contributed by atoms with van der Waals surface area (Å²) in [5, 5.41) is 6.31. The van der Waals surface area contributed by atoms with E-state index in [0.29, 0.717) is 6.42 Å². The Hall–Kier alpha value is 0.0600. The molecule has 0 aromatic carbocycles. The zero-order valence-corrected chi connectivity index (χ0v) is 19.9. The topological polar surface area (TPSA) is 147 Å². The molecule has 0 saturated carbocycles. The van der Waals surface area contributed by atoms with Gasteiger partial charge in [0.2, 0.25) is 0 Å². The van der Waals surface area contributed by atoms with Gasteiger partial charge in [0.25, 0.3) is 16.0 Å². The number of carbonyl (C=O) groups is 3. The molecular formula is C22H41NNa2O8S. The molecule has 0 aromatic heterocycles. The normalized spacial score (nSPS) is 11.8. The van der Waals surface area contributed by atoms with E-state index in [1.54, 1.807) is 5.48 Å². The second-order valence-electron chi connectivity index (χ2n) is 7.88. The van der Waals surface area contributed by atoms with Crippen molar-refractivity contribution >= 4 is 87.1 Å². The van der Waals surface area contributed by atoms with Crippen LogP contribution in [0.4, 0.5) is 0 Å². The molecule has 0 spiro atoms. The number of carbonyl (C=O) groups excluding carboxylic acids is 2. The minimum atomic E-state index is -4.96. The van der Waals surface area contributed by atoms with Crippen LogP contribution in [-0.4, -0.2) is 100 Å². The van der Waals surface area contributed by atoms with E-state index in [1.165, 1.54) is 38.5 Å². The predicted molar refractivity (Wildman–Crippen MR) is 136 cm³/mol. The molecule has 1 amide bonds. The number of unbranched alkanes of at least 4 members (excludes halogenated alkanes) is 11. The van der Waals surface area contributed by atoms with Crippen LogP contribution in [0.15, 0.2) is 12.2 Å². The molecule has 12 heteroatoms. The summed E-state index contributed by atoms with van der Waals surface area (Å²) in [4.78, 5) is 38.2. The van der Waals surface area contributed by atoms with E-state index in [9.17, 15) is 22.8 Å². The fraction of sp³-hybridized carbons (Fsp3) is 0.773. The molecule has 0 rings (SSSR count). The molecule has 190 valence electrons. The maximum absolute atomic E-state index is 11.7. The third-order valence-electron chi connectivity index (χ3n) is 4.91. The molecular weight excluding hydrogens is 484 g/mol. The zero-order chi connectivity index (χ0) is 24.2. The van der Waals surface area contributed by atoms with E-state index in [1.807, 2.05) is 0 Å². The molecule has 0 fully saturated rings. The first-order valence-corrected chi connectivity index (χ1v) is 13.0. The van der Waals surface area contributed by atoms with Crippen LogP contribution in [0.3, 0.4) is 0 Å². The van der Waals surface area contributed by atoms with Crippen molar-refractivity contribution in [3.8, 4) is 0 Å². The van der Waals surface area contributed by atoms with E-state index in [4.69, 9.17) is 9.66 Å². The van der Waals surface area contributed by atoms with Crippen molar-refractivity contribution in [2.75, 3.05) is 0 Å². The van der Waals surface area contributed by atoms with Crippen LogP contribution in [0.1, 0.15) is 103 Å². The number of carboxylic acid groups (broad SMARTS) is 1. The molecule has 0 heterocycles. The van der Waals surface area contributed by atoms with Gasteiger partial charge in [-0.2, -0.15) is 13.9 Å². The number of hydroxylamine groups is 1. The Labute approximate surface area is 248 Å². The molecule has 0 aliphatic heterocycles. The molecule has 0 bridgehead atoms. The van der Waals surface area contributed by atoms with Crippen LogP contribution >= 0.6 is 0 Å². The van der Waals surface area contributed by atoms with Gasteiger partial charge in [0.15, 0.2) is 5.25 Å². The second kappa shape index (κ2) is 24.7. The average molecular weight is 526 g/mol. The molecule has 3 N–H and O–H groups in total. The van der Waals surface area contributed by atoms with E-state index in [0.717, 1.165) is 38.5 Å². The van der Waals surface area contributed by atoms with Crippen LogP contribution in [0.2, 0.25) is 0 Å². The first-order valence-electron chi connectivity index (χ1n) is 11.5. The fourth-order valence-corrected chi connectivity index (χ4v) is 3.69. The number of allylic oxidation sites excluding steroid dienone is 2. The third kappa shape index (κ3) is 23.8. The van der Waals surface area contributed by atoms with Crippen LogP contribution in [0.5, 0.6) is 0 Å². The predicted octanol–water partition coefficient (Wildman–Crippen LogP) is 3.03. The van der Waals surface area contributed by atoms with E-state index >= 15 is 0 Å². The Balaban J connectivity index is -0.00000480. The molecule has 0 radical (unpaired) electrons. The Morgan fingerprint density at radius 2 is 1.32 bits per heavy atom. The molecule has 0 aliphatic rings. The molecule has 0 aromatic rings. The quantitative estimate of drug-likeness (QED) is 0.0767. The summed E-state index contributed by atoms with van der Waals surface area (Å²) >= 11 is 0. The van der Waals surface area contributed by atoms with E-state index in [-0.39, 0.29) is 65.5 Å². The van der Waals surface area contributed by atoms with Crippen LogP contribution in [0.25, 0.3) is 0 Å². The molecule has 34 heavy (non-hydrogen) atoms. The fourth-order valence-electron chi connectivity index (χ4n) is 3.05. The number of hydrogen-bond acceptors (Lipinski definition) is 6. The first-order chi connectivity index (χ1) is 15.2. The maximum atomic E-state index is 11.7. The number of aliphatic carboxylic acids is 1. The SMILES string of the molecule is CCCCCCCC/C=C\CCCCCCCC(=O)NOC(=O)C(CC(=O)O)S(=O)(=O)O.[NaH].[NaH]. The third-order valence-corrected chi connectivity index (χ3v) is 5.99. The molecule has 0 aliphatic carbocycles. The van der Waals surface area contributed by atoms with Crippen molar-refractivity contribution in [2.45, 2.75) is 108 Å². The number of carboxylic acids is 1. The van der Waals surface area contributed by atoms with Crippen molar-refractivity contribution in [1.29, 1.82) is 0 Å². The zero-order valence-electron chi connectivity index (χ0n) is 19.1. The number of rotatable bonds is 19. The summed E-state index contributed by atoms with van der Waals surface area (Å²) < 4.78 is 31.0. The van der Waals surface area contributed by atoms with Gasteiger partial charge >= 0.3 is 71.1 Å². The number of amides is 1. The molecule has 0 saturated heterocycles. The van der Waals surface area contributed by atoms with Gasteiger partial charge in [-0.05, 0) is 32.1 Å². The van der Waals surface area contributed by atoms with Crippen LogP contribution < -0.4 is 5.48 Å². The summed E-state index contributed by atoms with van der Waals surface area (Å²) in [6, 6.07) is 0. The second-order valence-corrected chi connectivity index (χ2v) is 9.48. The van der Waals surface area contributed by atoms with Gasteiger partial charge in [0.05, 0.1) is 6.42 Å². The summed E-state index contributed by atoms with van der Waals surface area (Å²) in [5.74, 6) is -3.78. The van der Waals surface area contributed by atoms with Gasteiger partial charge in [0.1, 0.15) is 0 Å². The van der Waals surface area contributed by atoms with Gasteiger partial charge in [-0.15, -0.1) is 0 Å². The van der Waals surface area contributed by atoms with Crippen LogP contribution in [0, 0.1) is 0 Å². The van der Waals surface area contributed by atoms with Crippen LogP contribution in [-0.2, 0) is 29.3 Å². The van der Waals surface area contributed by atoms with Crippen molar-refractivity contribution in [2.24, 2.45) is 0 Å².